The Bertz CT molecular complexity index is 1210. The number of halogens is 1. The van der Waals surface area contributed by atoms with Gasteiger partial charge in [-0.2, -0.15) is 0 Å². The largest absolute Gasteiger partial charge is 0.508 e. The molecule has 2 unspecified atom stereocenters. The number of fused-ring (bicyclic) bond motifs is 3. The van der Waals surface area contributed by atoms with E-state index in [0.29, 0.717) is 11.6 Å². The Morgan fingerprint density at radius 1 is 1.06 bits per heavy atom. The fourth-order valence-corrected chi connectivity index (χ4v) is 4.50. The van der Waals surface area contributed by atoms with Crippen LogP contribution in [0.3, 0.4) is 0 Å². The summed E-state index contributed by atoms with van der Waals surface area (Å²) >= 11 is 0. The van der Waals surface area contributed by atoms with Crippen LogP contribution in [0.1, 0.15) is 19.4 Å². The molecule has 8 nitrogen and oxygen atoms in total. The van der Waals surface area contributed by atoms with Crippen molar-refractivity contribution in [1.29, 1.82) is 0 Å². The number of carbonyl (C=O) groups excluding carboxylic acids is 2. The predicted octanol–water partition coefficient (Wildman–Crippen LogP) is 3.06. The summed E-state index contributed by atoms with van der Waals surface area (Å²) in [6.45, 7) is 3.65. The highest BCUT2D eigenvalue weighted by Gasteiger charge is 2.56. The van der Waals surface area contributed by atoms with E-state index in [1.54, 1.807) is 43.4 Å². The van der Waals surface area contributed by atoms with Crippen LogP contribution in [-0.2, 0) is 11.3 Å². The SMILES string of the molecule is CC1=C(C)N2C(=NC3C2C(=O)N(Cc2ccccc2F)C(=O)N3C)N1c1cccc(O)c1. The van der Waals surface area contributed by atoms with Gasteiger partial charge in [0.15, 0.2) is 12.2 Å². The number of phenolic OH excluding ortho intramolecular Hbond substituents is 1. The van der Waals surface area contributed by atoms with Gasteiger partial charge in [0, 0.05) is 30.1 Å². The number of rotatable bonds is 3. The zero-order chi connectivity index (χ0) is 22.7. The average molecular weight is 435 g/mol. The number of hydrogen-bond donors (Lipinski definition) is 1. The molecule has 164 valence electrons. The minimum atomic E-state index is -0.753. The molecule has 3 aliphatic rings. The molecule has 1 N–H and O–H groups in total. The number of anilines is 1. The Hall–Kier alpha value is -3.88. The zero-order valence-corrected chi connectivity index (χ0v) is 17.9. The number of nitrogens with zero attached hydrogens (tertiary/aromatic N) is 5. The lowest BCUT2D eigenvalue weighted by molar-refractivity contribution is -0.137. The topological polar surface area (TPSA) is 79.7 Å². The van der Waals surface area contributed by atoms with E-state index < -0.39 is 30.0 Å². The Kier molecular flexibility index (Phi) is 4.44. The number of amides is 3. The van der Waals surface area contributed by atoms with Gasteiger partial charge < -0.3 is 10.0 Å². The highest BCUT2D eigenvalue weighted by atomic mass is 19.1. The minimum Gasteiger partial charge on any atom is -0.508 e. The van der Waals surface area contributed by atoms with Crippen molar-refractivity contribution in [3.05, 3.63) is 71.3 Å². The fourth-order valence-electron chi connectivity index (χ4n) is 4.50. The van der Waals surface area contributed by atoms with Gasteiger partial charge in [-0.1, -0.05) is 24.3 Å². The Balaban J connectivity index is 1.53. The van der Waals surface area contributed by atoms with Crippen LogP contribution in [-0.4, -0.2) is 57.0 Å². The van der Waals surface area contributed by atoms with Crippen LogP contribution in [0, 0.1) is 5.82 Å². The number of allylic oxidation sites excluding steroid dienone is 2. The van der Waals surface area contributed by atoms with Crippen LogP contribution in [0.25, 0.3) is 0 Å². The molecule has 0 bridgehead atoms. The average Bonchev–Trinajstić information content (AvgIpc) is 3.26. The third-order valence-corrected chi connectivity index (χ3v) is 6.27. The fraction of sp³-hybridized carbons (Fsp3) is 0.261. The molecular formula is C23H22FN5O3. The van der Waals surface area contributed by atoms with Crippen molar-refractivity contribution >= 4 is 23.6 Å². The molecule has 32 heavy (non-hydrogen) atoms. The second kappa shape index (κ2) is 7.08. The molecule has 0 radical (unpaired) electrons. The molecule has 2 atom stereocenters. The number of carbonyl (C=O) groups is 2. The summed E-state index contributed by atoms with van der Waals surface area (Å²) in [6.07, 6.45) is -0.704. The van der Waals surface area contributed by atoms with E-state index >= 15 is 0 Å². The molecule has 0 aliphatic carbocycles. The first-order valence-corrected chi connectivity index (χ1v) is 10.2. The van der Waals surface area contributed by atoms with E-state index in [2.05, 4.69) is 0 Å². The molecule has 0 aromatic heterocycles. The lowest BCUT2D eigenvalue weighted by Crippen LogP contribution is -2.64. The number of guanidine groups is 1. The summed E-state index contributed by atoms with van der Waals surface area (Å²) in [5.74, 6) is -0.266. The molecule has 3 aliphatic heterocycles. The molecule has 0 spiro atoms. The monoisotopic (exact) mass is 435 g/mol. The third kappa shape index (κ3) is 2.77. The van der Waals surface area contributed by atoms with Crippen LogP contribution in [0.2, 0.25) is 0 Å². The van der Waals surface area contributed by atoms with E-state index in [0.717, 1.165) is 16.3 Å². The van der Waals surface area contributed by atoms with Crippen molar-refractivity contribution in [2.24, 2.45) is 4.99 Å². The minimum absolute atomic E-state index is 0.113. The van der Waals surface area contributed by atoms with Gasteiger partial charge in [0.1, 0.15) is 11.6 Å². The van der Waals surface area contributed by atoms with E-state index in [1.165, 1.54) is 11.0 Å². The van der Waals surface area contributed by atoms with Gasteiger partial charge >= 0.3 is 6.03 Å². The molecule has 5 rings (SSSR count). The first-order valence-electron chi connectivity index (χ1n) is 10.2. The first-order chi connectivity index (χ1) is 15.3. The number of benzene rings is 2. The van der Waals surface area contributed by atoms with Crippen molar-refractivity contribution in [1.82, 2.24) is 14.7 Å². The van der Waals surface area contributed by atoms with Gasteiger partial charge in [-0.15, -0.1) is 0 Å². The van der Waals surface area contributed by atoms with Gasteiger partial charge in [-0.3, -0.25) is 19.5 Å². The molecular weight excluding hydrogens is 413 g/mol. The number of aromatic hydroxyl groups is 1. The van der Waals surface area contributed by atoms with Crippen molar-refractivity contribution in [3.63, 3.8) is 0 Å². The summed E-state index contributed by atoms with van der Waals surface area (Å²) in [4.78, 5) is 37.5. The van der Waals surface area contributed by atoms with E-state index in [4.69, 9.17) is 4.99 Å². The third-order valence-electron chi connectivity index (χ3n) is 6.27. The Labute approximate surface area is 184 Å². The van der Waals surface area contributed by atoms with E-state index in [-0.39, 0.29) is 17.9 Å². The lowest BCUT2D eigenvalue weighted by atomic mass is 10.1. The van der Waals surface area contributed by atoms with Crippen LogP contribution < -0.4 is 4.90 Å². The Morgan fingerprint density at radius 3 is 2.53 bits per heavy atom. The molecule has 9 heteroatoms. The molecule has 1 fully saturated rings. The maximum atomic E-state index is 14.2. The number of imide groups is 1. The van der Waals surface area contributed by atoms with Gasteiger partial charge in [-0.05, 0) is 32.0 Å². The summed E-state index contributed by atoms with van der Waals surface area (Å²) in [6, 6.07) is 11.6. The number of urea groups is 1. The quantitative estimate of drug-likeness (QED) is 0.802. The zero-order valence-electron chi connectivity index (χ0n) is 17.9. The van der Waals surface area contributed by atoms with Crippen molar-refractivity contribution < 1.29 is 19.1 Å². The molecule has 3 heterocycles. The molecule has 2 aromatic carbocycles. The van der Waals surface area contributed by atoms with E-state index in [1.807, 2.05) is 29.7 Å². The van der Waals surface area contributed by atoms with Gasteiger partial charge in [0.05, 0.1) is 12.2 Å². The summed E-state index contributed by atoms with van der Waals surface area (Å²) < 4.78 is 14.2. The smallest absolute Gasteiger partial charge is 0.328 e. The van der Waals surface area contributed by atoms with Crippen LogP contribution in [0.4, 0.5) is 14.9 Å². The second-order valence-corrected chi connectivity index (χ2v) is 8.09. The van der Waals surface area contributed by atoms with Gasteiger partial charge in [0.25, 0.3) is 5.91 Å². The number of likely N-dealkylation sites (N-methyl/N-ethyl adjacent to an activating group) is 1. The van der Waals surface area contributed by atoms with E-state index in [9.17, 15) is 19.1 Å². The standard InChI is InChI=1S/C23H22FN5O3/c1-13-14(2)29-19-20(25-22(29)28(13)16-8-6-9-17(30)11-16)26(3)23(32)27(21(19)31)12-15-7-4-5-10-18(15)24/h4-11,19-20,30H,12H2,1-3H3. The normalized spacial score (nSPS) is 22.6. The maximum Gasteiger partial charge on any atom is 0.328 e. The second-order valence-electron chi connectivity index (χ2n) is 8.09. The van der Waals surface area contributed by atoms with Crippen LogP contribution >= 0.6 is 0 Å². The molecule has 0 saturated carbocycles. The number of aliphatic imine (C=N–C) groups is 1. The maximum absolute atomic E-state index is 14.2. The first kappa shape index (κ1) is 20.0. The molecule has 3 amide bonds. The summed E-state index contributed by atoms with van der Waals surface area (Å²) in [5, 5.41) is 9.95. The van der Waals surface area contributed by atoms with Gasteiger partial charge in [-0.25, -0.2) is 14.2 Å². The molecule has 1 saturated heterocycles. The Morgan fingerprint density at radius 2 is 1.81 bits per heavy atom. The predicted molar refractivity (Wildman–Crippen MR) is 116 cm³/mol. The lowest BCUT2D eigenvalue weighted by Gasteiger charge is -2.40. The number of hydrogen-bond acceptors (Lipinski definition) is 6. The summed E-state index contributed by atoms with van der Waals surface area (Å²) in [7, 11) is 1.59. The number of phenols is 1. The van der Waals surface area contributed by atoms with Crippen molar-refractivity contribution in [2.45, 2.75) is 32.6 Å². The van der Waals surface area contributed by atoms with Gasteiger partial charge in [0.2, 0.25) is 5.96 Å². The highest BCUT2D eigenvalue weighted by Crippen LogP contribution is 2.40. The van der Waals surface area contributed by atoms with Crippen LogP contribution in [0.5, 0.6) is 5.75 Å². The summed E-state index contributed by atoms with van der Waals surface area (Å²) in [5.41, 5.74) is 2.65. The van der Waals surface area contributed by atoms with Crippen molar-refractivity contribution in [3.8, 4) is 5.75 Å². The van der Waals surface area contributed by atoms with Crippen molar-refractivity contribution in [2.75, 3.05) is 11.9 Å². The van der Waals surface area contributed by atoms with Crippen LogP contribution in [0.15, 0.2) is 64.9 Å². The highest BCUT2D eigenvalue weighted by molar-refractivity contribution is 6.10. The molecule has 2 aromatic rings.